The van der Waals surface area contributed by atoms with Crippen LogP contribution in [0.25, 0.3) is 0 Å². The number of carbonyl (C=O) groups is 2. The normalized spacial score (nSPS) is 20.4. The number of ether oxygens (including phenoxy) is 2. The molecule has 1 unspecified atom stereocenters. The number of rotatable bonds is 3. The van der Waals surface area contributed by atoms with E-state index in [1.54, 1.807) is 11.8 Å². The summed E-state index contributed by atoms with van der Waals surface area (Å²) in [6.45, 7) is 3.09. The first-order chi connectivity index (χ1) is 11.5. The molecule has 10 nitrogen and oxygen atoms in total. The zero-order valence-electron chi connectivity index (χ0n) is 13.0. The number of fused-ring (bicyclic) bond motifs is 1. The van der Waals surface area contributed by atoms with Gasteiger partial charge in [0, 0.05) is 19.2 Å². The van der Waals surface area contributed by atoms with Crippen molar-refractivity contribution in [2.45, 2.75) is 13.0 Å². The minimum absolute atomic E-state index is 0.00564. The number of pyridine rings is 1. The van der Waals surface area contributed by atoms with Crippen molar-refractivity contribution in [2.75, 3.05) is 37.7 Å². The first kappa shape index (κ1) is 16.1. The first-order valence-corrected chi connectivity index (χ1v) is 7.46. The van der Waals surface area contributed by atoms with Crippen LogP contribution in [-0.2, 0) is 14.3 Å². The molecule has 0 saturated carbocycles. The molecule has 2 aliphatic rings. The van der Waals surface area contributed by atoms with Gasteiger partial charge in [-0.3, -0.25) is 14.5 Å². The predicted molar refractivity (Wildman–Crippen MR) is 80.7 cm³/mol. The van der Waals surface area contributed by atoms with Crippen molar-refractivity contribution in [3.63, 3.8) is 0 Å². The molecular formula is C14H16N4O6. The lowest BCUT2D eigenvalue weighted by Crippen LogP contribution is -2.51. The second-order valence-electron chi connectivity index (χ2n) is 5.43. The quantitative estimate of drug-likeness (QED) is 0.562. The Morgan fingerprint density at radius 1 is 1.42 bits per heavy atom. The molecule has 2 aliphatic heterocycles. The largest absolute Gasteiger partial charge is 0.475 e. The number of nitro groups is 1. The molecule has 10 heteroatoms. The Balaban J connectivity index is 1.88. The van der Waals surface area contributed by atoms with Crippen LogP contribution < -0.4 is 9.64 Å². The van der Waals surface area contributed by atoms with Gasteiger partial charge in [0.25, 0.3) is 11.7 Å². The van der Waals surface area contributed by atoms with E-state index in [9.17, 15) is 19.7 Å². The Bertz CT molecular complexity index is 688. The van der Waals surface area contributed by atoms with E-state index in [4.69, 9.17) is 9.47 Å². The Morgan fingerprint density at radius 3 is 2.79 bits per heavy atom. The van der Waals surface area contributed by atoms with Crippen LogP contribution in [0.5, 0.6) is 5.75 Å². The lowest BCUT2D eigenvalue weighted by Gasteiger charge is -2.32. The SMILES string of the molecule is CC1Oc2ccc([N+](=O)[O-])nc2N(CC(=O)N2CCOCC2)C1=O. The summed E-state index contributed by atoms with van der Waals surface area (Å²) in [5, 5.41) is 10.9. The molecule has 0 radical (unpaired) electrons. The highest BCUT2D eigenvalue weighted by Crippen LogP contribution is 2.33. The van der Waals surface area contributed by atoms with Gasteiger partial charge >= 0.3 is 5.82 Å². The van der Waals surface area contributed by atoms with E-state index >= 15 is 0 Å². The number of anilines is 1. The third-order valence-corrected chi connectivity index (χ3v) is 3.84. The van der Waals surface area contributed by atoms with Gasteiger partial charge in [0.05, 0.1) is 13.2 Å². The zero-order valence-corrected chi connectivity index (χ0v) is 13.0. The van der Waals surface area contributed by atoms with Gasteiger partial charge in [-0.05, 0) is 22.9 Å². The van der Waals surface area contributed by atoms with E-state index in [2.05, 4.69) is 4.98 Å². The summed E-state index contributed by atoms with van der Waals surface area (Å²) in [4.78, 5) is 41.7. The van der Waals surface area contributed by atoms with Gasteiger partial charge in [-0.1, -0.05) is 0 Å². The smallest absolute Gasteiger partial charge is 0.366 e. The second kappa shape index (κ2) is 6.40. The molecule has 1 saturated heterocycles. The number of hydrogen-bond donors (Lipinski definition) is 0. The van der Waals surface area contributed by atoms with E-state index in [-0.39, 0.29) is 24.0 Å². The highest BCUT2D eigenvalue weighted by Gasteiger charge is 2.38. The number of amides is 2. The summed E-state index contributed by atoms with van der Waals surface area (Å²) >= 11 is 0. The van der Waals surface area contributed by atoms with Crippen LogP contribution in [0.1, 0.15) is 6.92 Å². The van der Waals surface area contributed by atoms with Crippen molar-refractivity contribution < 1.29 is 24.0 Å². The first-order valence-electron chi connectivity index (χ1n) is 7.46. The van der Waals surface area contributed by atoms with Crippen LogP contribution >= 0.6 is 0 Å². The number of aromatic nitrogens is 1. The summed E-state index contributed by atoms with van der Waals surface area (Å²) in [5.41, 5.74) is 0. The van der Waals surface area contributed by atoms with Gasteiger partial charge in [-0.2, -0.15) is 0 Å². The number of hydrogen-bond acceptors (Lipinski definition) is 7. The fourth-order valence-corrected chi connectivity index (χ4v) is 2.58. The zero-order chi connectivity index (χ0) is 17.3. The third kappa shape index (κ3) is 3.00. The fourth-order valence-electron chi connectivity index (χ4n) is 2.58. The standard InChI is InChI=1S/C14H16N4O6/c1-9-14(20)17(8-12(19)16-4-6-23-7-5-16)13-10(24-9)2-3-11(15-13)18(21)22/h2-3,9H,4-8H2,1H3. The van der Waals surface area contributed by atoms with Crippen molar-refractivity contribution >= 4 is 23.5 Å². The van der Waals surface area contributed by atoms with E-state index in [0.29, 0.717) is 26.3 Å². The molecule has 0 aromatic carbocycles. The van der Waals surface area contributed by atoms with Crippen LogP contribution in [0.15, 0.2) is 12.1 Å². The highest BCUT2D eigenvalue weighted by atomic mass is 16.6. The van der Waals surface area contributed by atoms with Gasteiger partial charge in [-0.25, -0.2) is 0 Å². The summed E-state index contributed by atoms with van der Waals surface area (Å²) in [7, 11) is 0. The minimum Gasteiger partial charge on any atom is -0.475 e. The topological polar surface area (TPSA) is 115 Å². The van der Waals surface area contributed by atoms with Crippen molar-refractivity contribution in [1.82, 2.24) is 9.88 Å². The number of morpholine rings is 1. The maximum atomic E-state index is 12.4. The van der Waals surface area contributed by atoms with Crippen LogP contribution in [0.4, 0.5) is 11.6 Å². The summed E-state index contributed by atoms with van der Waals surface area (Å²) in [6, 6.07) is 2.58. The molecule has 1 aromatic heterocycles. The van der Waals surface area contributed by atoms with Gasteiger partial charge in [-0.15, -0.1) is 0 Å². The number of carbonyl (C=O) groups excluding carboxylic acids is 2. The lowest BCUT2D eigenvalue weighted by atomic mass is 10.2. The average molecular weight is 336 g/mol. The fraction of sp³-hybridized carbons (Fsp3) is 0.500. The molecule has 1 aromatic rings. The number of nitrogens with zero attached hydrogens (tertiary/aromatic N) is 4. The van der Waals surface area contributed by atoms with Gasteiger partial charge < -0.3 is 24.5 Å². The van der Waals surface area contributed by atoms with E-state index in [0.717, 1.165) is 4.90 Å². The van der Waals surface area contributed by atoms with Gasteiger partial charge in [0.15, 0.2) is 11.9 Å². The third-order valence-electron chi connectivity index (χ3n) is 3.84. The van der Waals surface area contributed by atoms with Gasteiger partial charge in [0.1, 0.15) is 6.54 Å². The van der Waals surface area contributed by atoms with E-state index in [1.807, 2.05) is 0 Å². The molecule has 3 heterocycles. The Kier molecular flexibility index (Phi) is 4.30. The predicted octanol–water partition coefficient (Wildman–Crippen LogP) is -0.0375. The Labute approximate surface area is 137 Å². The molecule has 1 fully saturated rings. The molecule has 0 spiro atoms. The molecule has 24 heavy (non-hydrogen) atoms. The van der Waals surface area contributed by atoms with Crippen molar-refractivity contribution in [2.24, 2.45) is 0 Å². The highest BCUT2D eigenvalue weighted by molar-refractivity contribution is 6.02. The summed E-state index contributed by atoms with van der Waals surface area (Å²) in [5.74, 6) is -0.906. The van der Waals surface area contributed by atoms with Crippen LogP contribution in [0.2, 0.25) is 0 Å². The van der Waals surface area contributed by atoms with Gasteiger partial charge in [0.2, 0.25) is 5.91 Å². The average Bonchev–Trinajstić information content (AvgIpc) is 2.59. The molecule has 0 N–H and O–H groups in total. The monoisotopic (exact) mass is 336 g/mol. The van der Waals surface area contributed by atoms with Crippen LogP contribution in [-0.4, -0.2) is 65.6 Å². The molecule has 0 aliphatic carbocycles. The van der Waals surface area contributed by atoms with Crippen molar-refractivity contribution in [1.29, 1.82) is 0 Å². The van der Waals surface area contributed by atoms with Crippen LogP contribution in [0, 0.1) is 10.1 Å². The minimum atomic E-state index is -0.793. The van der Waals surface area contributed by atoms with Crippen molar-refractivity contribution in [3.05, 3.63) is 22.2 Å². The Hall–Kier alpha value is -2.75. The summed E-state index contributed by atoms with van der Waals surface area (Å²) < 4.78 is 10.6. The second-order valence-corrected chi connectivity index (χ2v) is 5.43. The van der Waals surface area contributed by atoms with E-state index < -0.39 is 22.8 Å². The maximum absolute atomic E-state index is 12.4. The Morgan fingerprint density at radius 2 is 2.12 bits per heavy atom. The van der Waals surface area contributed by atoms with Crippen LogP contribution in [0.3, 0.4) is 0 Å². The molecule has 0 bridgehead atoms. The molecule has 1 atom stereocenters. The molecular weight excluding hydrogens is 320 g/mol. The van der Waals surface area contributed by atoms with E-state index in [1.165, 1.54) is 12.1 Å². The maximum Gasteiger partial charge on any atom is 0.366 e. The molecule has 3 rings (SSSR count). The molecule has 128 valence electrons. The molecule has 2 amide bonds. The lowest BCUT2D eigenvalue weighted by molar-refractivity contribution is -0.389. The van der Waals surface area contributed by atoms with Crippen molar-refractivity contribution in [3.8, 4) is 5.75 Å². The summed E-state index contributed by atoms with van der Waals surface area (Å²) in [6.07, 6.45) is -0.793.